The van der Waals surface area contributed by atoms with E-state index in [4.69, 9.17) is 13.9 Å². The molecule has 4 aromatic rings. The Labute approximate surface area is 178 Å². The average Bonchev–Trinajstić information content (AvgIpc) is 3.47. The van der Waals surface area contributed by atoms with Crippen molar-refractivity contribution in [3.63, 3.8) is 0 Å². The van der Waals surface area contributed by atoms with Crippen LogP contribution in [-0.2, 0) is 6.54 Å². The van der Waals surface area contributed by atoms with Crippen LogP contribution in [0.2, 0.25) is 0 Å². The van der Waals surface area contributed by atoms with Crippen LogP contribution in [0.5, 0.6) is 11.5 Å². The van der Waals surface area contributed by atoms with Crippen LogP contribution in [0, 0.1) is 6.92 Å². The molecule has 1 N–H and O–H groups in total. The molecule has 4 rings (SSSR count). The number of methoxy groups -OCH3 is 2. The van der Waals surface area contributed by atoms with Crippen LogP contribution in [0.1, 0.15) is 21.6 Å². The molecule has 9 nitrogen and oxygen atoms in total. The number of rotatable bonds is 7. The van der Waals surface area contributed by atoms with Gasteiger partial charge in [-0.25, -0.2) is 14.6 Å². The molecule has 0 fully saturated rings. The highest BCUT2D eigenvalue weighted by Gasteiger charge is 2.17. The van der Waals surface area contributed by atoms with Crippen LogP contribution in [0.4, 0.5) is 0 Å². The number of nitrogens with one attached hydrogen (secondary N) is 1. The van der Waals surface area contributed by atoms with Gasteiger partial charge in [0.25, 0.3) is 11.9 Å². The standard InChI is InChI=1S/C22H21N5O4/c1-14-17(21(28)24-12-15-6-7-16(29-2)11-20(15)30-3)13-25-27(14)22-23-9-8-18(26-22)19-5-4-10-31-19/h4-11,13H,12H2,1-3H3,(H,24,28). The van der Waals surface area contributed by atoms with Gasteiger partial charge in [0.05, 0.1) is 37.9 Å². The Balaban J connectivity index is 1.52. The zero-order valence-corrected chi connectivity index (χ0v) is 17.3. The molecule has 1 aromatic carbocycles. The fourth-order valence-electron chi connectivity index (χ4n) is 3.11. The highest BCUT2D eigenvalue weighted by Crippen LogP contribution is 2.24. The van der Waals surface area contributed by atoms with E-state index in [-0.39, 0.29) is 5.91 Å². The maximum absolute atomic E-state index is 12.8. The molecule has 31 heavy (non-hydrogen) atoms. The zero-order chi connectivity index (χ0) is 21.8. The van der Waals surface area contributed by atoms with Gasteiger partial charge in [0.2, 0.25) is 0 Å². The van der Waals surface area contributed by atoms with E-state index in [9.17, 15) is 4.79 Å². The monoisotopic (exact) mass is 419 g/mol. The number of ether oxygens (including phenoxy) is 2. The predicted octanol–water partition coefficient (Wildman–Crippen LogP) is 3.18. The lowest BCUT2D eigenvalue weighted by Gasteiger charge is -2.11. The molecule has 0 aliphatic carbocycles. The molecular formula is C22H21N5O4. The third-order valence-corrected chi connectivity index (χ3v) is 4.79. The van der Waals surface area contributed by atoms with Crippen LogP contribution >= 0.6 is 0 Å². The minimum atomic E-state index is -0.260. The normalized spacial score (nSPS) is 10.7. The maximum Gasteiger partial charge on any atom is 0.255 e. The quantitative estimate of drug-likeness (QED) is 0.491. The molecule has 0 saturated carbocycles. The number of carbonyl (C=O) groups is 1. The second kappa shape index (κ2) is 8.70. The number of benzene rings is 1. The Bertz CT molecular complexity index is 1200. The second-order valence-corrected chi connectivity index (χ2v) is 6.64. The second-order valence-electron chi connectivity index (χ2n) is 6.64. The van der Waals surface area contributed by atoms with Gasteiger partial charge in [-0.2, -0.15) is 5.10 Å². The summed E-state index contributed by atoms with van der Waals surface area (Å²) >= 11 is 0. The Kier molecular flexibility index (Phi) is 5.65. The molecule has 0 aliphatic rings. The highest BCUT2D eigenvalue weighted by molar-refractivity contribution is 5.95. The molecule has 1 amide bonds. The van der Waals surface area contributed by atoms with Gasteiger partial charge in [0.1, 0.15) is 17.2 Å². The molecule has 0 bridgehead atoms. The number of hydrogen-bond acceptors (Lipinski definition) is 7. The number of carbonyl (C=O) groups excluding carboxylic acids is 1. The third kappa shape index (κ3) is 4.11. The highest BCUT2D eigenvalue weighted by atomic mass is 16.5. The number of hydrogen-bond donors (Lipinski definition) is 1. The van der Waals surface area contributed by atoms with Gasteiger partial charge in [0, 0.05) is 24.4 Å². The summed E-state index contributed by atoms with van der Waals surface area (Å²) in [4.78, 5) is 21.5. The first-order valence-electron chi connectivity index (χ1n) is 9.51. The van der Waals surface area contributed by atoms with Gasteiger partial charge >= 0.3 is 0 Å². The summed E-state index contributed by atoms with van der Waals surface area (Å²) < 4.78 is 17.5. The molecule has 158 valence electrons. The van der Waals surface area contributed by atoms with Crippen molar-refractivity contribution in [1.82, 2.24) is 25.1 Å². The Hall–Kier alpha value is -4.14. The third-order valence-electron chi connectivity index (χ3n) is 4.79. The molecule has 0 unspecified atom stereocenters. The molecule has 3 heterocycles. The van der Waals surface area contributed by atoms with E-state index in [1.807, 2.05) is 18.2 Å². The molecule has 3 aromatic heterocycles. The van der Waals surface area contributed by atoms with Gasteiger partial charge in [-0.3, -0.25) is 4.79 Å². The van der Waals surface area contributed by atoms with Crippen molar-refractivity contribution in [1.29, 1.82) is 0 Å². The molecule has 9 heteroatoms. The molecule has 0 radical (unpaired) electrons. The van der Waals surface area contributed by atoms with E-state index >= 15 is 0 Å². The number of nitrogens with zero attached hydrogens (tertiary/aromatic N) is 4. The largest absolute Gasteiger partial charge is 0.497 e. The van der Waals surface area contributed by atoms with E-state index in [1.165, 1.54) is 10.9 Å². The summed E-state index contributed by atoms with van der Waals surface area (Å²) in [6.07, 6.45) is 4.70. The minimum Gasteiger partial charge on any atom is -0.497 e. The summed E-state index contributed by atoms with van der Waals surface area (Å²) in [6.45, 7) is 2.08. The summed E-state index contributed by atoms with van der Waals surface area (Å²) in [6, 6.07) is 10.8. The van der Waals surface area contributed by atoms with Crippen LogP contribution in [0.15, 0.2) is 59.5 Å². The van der Waals surface area contributed by atoms with Crippen molar-refractivity contribution in [2.75, 3.05) is 14.2 Å². The van der Waals surface area contributed by atoms with Gasteiger partial charge in [-0.1, -0.05) is 0 Å². The molecule has 0 atom stereocenters. The van der Waals surface area contributed by atoms with Crippen LogP contribution in [0.25, 0.3) is 17.4 Å². The zero-order valence-electron chi connectivity index (χ0n) is 17.3. The number of amides is 1. The number of furan rings is 1. The van der Waals surface area contributed by atoms with E-state index in [2.05, 4.69) is 20.4 Å². The van der Waals surface area contributed by atoms with Crippen molar-refractivity contribution >= 4 is 5.91 Å². The summed E-state index contributed by atoms with van der Waals surface area (Å²) in [5.41, 5.74) is 2.51. The SMILES string of the molecule is COc1ccc(CNC(=O)c2cnn(-c3nccc(-c4ccco4)n3)c2C)c(OC)c1. The Morgan fingerprint density at radius 2 is 2.06 bits per heavy atom. The average molecular weight is 419 g/mol. The summed E-state index contributed by atoms with van der Waals surface area (Å²) in [5, 5.41) is 7.20. The lowest BCUT2D eigenvalue weighted by Crippen LogP contribution is -2.23. The molecule has 0 saturated heterocycles. The fraction of sp³-hybridized carbons (Fsp3) is 0.182. The predicted molar refractivity (Wildman–Crippen MR) is 112 cm³/mol. The van der Waals surface area contributed by atoms with Crippen molar-refractivity contribution in [2.45, 2.75) is 13.5 Å². The van der Waals surface area contributed by atoms with Gasteiger partial charge < -0.3 is 19.2 Å². The van der Waals surface area contributed by atoms with Crippen molar-refractivity contribution < 1.29 is 18.7 Å². The van der Waals surface area contributed by atoms with E-state index in [0.717, 1.165) is 5.56 Å². The maximum atomic E-state index is 12.8. The first-order chi connectivity index (χ1) is 15.1. The van der Waals surface area contributed by atoms with Crippen molar-refractivity contribution in [3.8, 4) is 28.9 Å². The van der Waals surface area contributed by atoms with Gasteiger partial charge in [-0.05, 0) is 37.3 Å². The Morgan fingerprint density at radius 1 is 1.19 bits per heavy atom. The number of aromatic nitrogens is 4. The summed E-state index contributed by atoms with van der Waals surface area (Å²) in [5.74, 6) is 2.03. The topological polar surface area (TPSA) is 104 Å². The van der Waals surface area contributed by atoms with E-state index < -0.39 is 0 Å². The van der Waals surface area contributed by atoms with Crippen LogP contribution in [-0.4, -0.2) is 39.9 Å². The molecular weight excluding hydrogens is 398 g/mol. The fourth-order valence-corrected chi connectivity index (χ4v) is 3.11. The summed E-state index contributed by atoms with van der Waals surface area (Å²) in [7, 11) is 3.16. The Morgan fingerprint density at radius 3 is 2.81 bits per heavy atom. The van der Waals surface area contributed by atoms with Crippen LogP contribution < -0.4 is 14.8 Å². The lowest BCUT2D eigenvalue weighted by molar-refractivity contribution is 0.0950. The van der Waals surface area contributed by atoms with Crippen molar-refractivity contribution in [3.05, 3.63) is 71.9 Å². The van der Waals surface area contributed by atoms with Crippen molar-refractivity contribution in [2.24, 2.45) is 0 Å². The molecule has 0 spiro atoms. The molecule has 0 aliphatic heterocycles. The smallest absolute Gasteiger partial charge is 0.255 e. The first-order valence-corrected chi connectivity index (χ1v) is 9.51. The first kappa shape index (κ1) is 20.1. The van der Waals surface area contributed by atoms with E-state index in [1.54, 1.807) is 51.8 Å². The van der Waals surface area contributed by atoms with Gasteiger partial charge in [-0.15, -0.1) is 0 Å². The van der Waals surface area contributed by atoms with Gasteiger partial charge in [0.15, 0.2) is 5.76 Å². The van der Waals surface area contributed by atoms with Crippen LogP contribution in [0.3, 0.4) is 0 Å². The minimum absolute atomic E-state index is 0.260. The van der Waals surface area contributed by atoms with E-state index in [0.29, 0.717) is 46.7 Å². The lowest BCUT2D eigenvalue weighted by atomic mass is 10.1.